The van der Waals surface area contributed by atoms with E-state index in [1.54, 1.807) is 13.8 Å². The number of nitrogens with zero attached hydrogens (tertiary/aromatic N) is 1. The molecule has 0 bridgehead atoms. The van der Waals surface area contributed by atoms with Crippen LogP contribution in [0.15, 0.2) is 0 Å². The molecule has 1 unspecified atom stereocenters. The van der Waals surface area contributed by atoms with E-state index in [9.17, 15) is 13.5 Å². The predicted octanol–water partition coefficient (Wildman–Crippen LogP) is -0.490. The number of aliphatic hydroxyl groups is 1. The molecule has 0 spiro atoms. The molecule has 5 nitrogen and oxygen atoms in total. The largest absolute Gasteiger partial charge is 0.390 e. The lowest BCUT2D eigenvalue weighted by molar-refractivity contribution is 0.0124. The summed E-state index contributed by atoms with van der Waals surface area (Å²) in [7, 11) is -3.27. The molecule has 1 aliphatic heterocycles. The van der Waals surface area contributed by atoms with E-state index >= 15 is 0 Å². The molecule has 1 heterocycles. The Bertz CT molecular complexity index is 303. The van der Waals surface area contributed by atoms with Gasteiger partial charge in [0.2, 0.25) is 10.0 Å². The van der Waals surface area contributed by atoms with Crippen LogP contribution in [0, 0.1) is 0 Å². The van der Waals surface area contributed by atoms with Crippen molar-refractivity contribution in [3.05, 3.63) is 0 Å². The maximum absolute atomic E-state index is 11.9. The average molecular weight is 236 g/mol. The van der Waals surface area contributed by atoms with E-state index in [2.05, 4.69) is 0 Å². The highest BCUT2D eigenvalue weighted by molar-refractivity contribution is 7.89. The monoisotopic (exact) mass is 236 g/mol. The Morgan fingerprint density at radius 3 is 2.33 bits per heavy atom. The number of sulfonamides is 1. The van der Waals surface area contributed by atoms with E-state index in [1.165, 1.54) is 4.31 Å². The van der Waals surface area contributed by atoms with Crippen molar-refractivity contribution < 1.29 is 13.5 Å². The number of hydrogen-bond donors (Lipinski definition) is 2. The van der Waals surface area contributed by atoms with Crippen LogP contribution >= 0.6 is 0 Å². The van der Waals surface area contributed by atoms with E-state index in [0.717, 1.165) is 0 Å². The van der Waals surface area contributed by atoms with Crippen molar-refractivity contribution >= 4 is 10.0 Å². The zero-order chi connectivity index (χ0) is 11.7. The van der Waals surface area contributed by atoms with Gasteiger partial charge in [0, 0.05) is 19.6 Å². The second kappa shape index (κ2) is 4.37. The van der Waals surface area contributed by atoms with Crippen molar-refractivity contribution in [3.63, 3.8) is 0 Å². The molecular weight excluding hydrogens is 216 g/mol. The molecule has 0 aromatic rings. The van der Waals surface area contributed by atoms with Crippen LogP contribution < -0.4 is 5.73 Å². The molecule has 90 valence electrons. The SMILES string of the molecule is CC(CN)S(=O)(=O)N1CCC(C)(O)CC1. The summed E-state index contributed by atoms with van der Waals surface area (Å²) in [6.07, 6.45) is 0.979. The normalized spacial score (nSPS) is 25.1. The van der Waals surface area contributed by atoms with Crippen LogP contribution in [0.3, 0.4) is 0 Å². The highest BCUT2D eigenvalue weighted by atomic mass is 32.2. The molecule has 6 heteroatoms. The van der Waals surface area contributed by atoms with Gasteiger partial charge in [-0.05, 0) is 26.7 Å². The van der Waals surface area contributed by atoms with Gasteiger partial charge in [0.1, 0.15) is 0 Å². The van der Waals surface area contributed by atoms with Crippen molar-refractivity contribution in [2.75, 3.05) is 19.6 Å². The fourth-order valence-corrected chi connectivity index (χ4v) is 3.04. The topological polar surface area (TPSA) is 83.6 Å². The highest BCUT2D eigenvalue weighted by Crippen LogP contribution is 2.24. The lowest BCUT2D eigenvalue weighted by Crippen LogP contribution is -2.48. The van der Waals surface area contributed by atoms with Gasteiger partial charge < -0.3 is 10.8 Å². The Hall–Kier alpha value is -0.170. The lowest BCUT2D eigenvalue weighted by Gasteiger charge is -2.36. The minimum atomic E-state index is -3.27. The van der Waals surface area contributed by atoms with Gasteiger partial charge in [0.25, 0.3) is 0 Å². The van der Waals surface area contributed by atoms with E-state index < -0.39 is 20.9 Å². The van der Waals surface area contributed by atoms with Gasteiger partial charge in [-0.25, -0.2) is 12.7 Å². The first kappa shape index (κ1) is 12.9. The van der Waals surface area contributed by atoms with Crippen molar-refractivity contribution in [1.82, 2.24) is 4.31 Å². The maximum Gasteiger partial charge on any atom is 0.217 e. The van der Waals surface area contributed by atoms with Crippen LogP contribution in [0.25, 0.3) is 0 Å². The molecule has 15 heavy (non-hydrogen) atoms. The smallest absolute Gasteiger partial charge is 0.217 e. The number of rotatable bonds is 3. The highest BCUT2D eigenvalue weighted by Gasteiger charge is 2.35. The van der Waals surface area contributed by atoms with Crippen LogP contribution in [-0.4, -0.2) is 48.3 Å². The quantitative estimate of drug-likeness (QED) is 0.692. The van der Waals surface area contributed by atoms with Crippen molar-refractivity contribution in [2.24, 2.45) is 5.73 Å². The van der Waals surface area contributed by atoms with E-state index in [-0.39, 0.29) is 6.54 Å². The van der Waals surface area contributed by atoms with Crippen molar-refractivity contribution in [2.45, 2.75) is 37.5 Å². The third-order valence-electron chi connectivity index (χ3n) is 3.00. The van der Waals surface area contributed by atoms with Crippen LogP contribution in [0.4, 0.5) is 0 Å². The zero-order valence-corrected chi connectivity index (χ0v) is 10.1. The fraction of sp³-hybridized carbons (Fsp3) is 1.00. The summed E-state index contributed by atoms with van der Waals surface area (Å²) in [6, 6.07) is 0. The summed E-state index contributed by atoms with van der Waals surface area (Å²) in [5.74, 6) is 0. The predicted molar refractivity (Wildman–Crippen MR) is 58.9 cm³/mol. The van der Waals surface area contributed by atoms with Crippen LogP contribution in [-0.2, 0) is 10.0 Å². The maximum atomic E-state index is 11.9. The number of piperidine rings is 1. The van der Waals surface area contributed by atoms with E-state index in [0.29, 0.717) is 25.9 Å². The van der Waals surface area contributed by atoms with Gasteiger partial charge >= 0.3 is 0 Å². The summed E-state index contributed by atoms with van der Waals surface area (Å²) >= 11 is 0. The number of hydrogen-bond acceptors (Lipinski definition) is 4. The minimum Gasteiger partial charge on any atom is -0.390 e. The molecule has 0 saturated carbocycles. The molecule has 0 amide bonds. The first-order chi connectivity index (χ1) is 6.79. The lowest BCUT2D eigenvalue weighted by atomic mass is 9.95. The summed E-state index contributed by atoms with van der Waals surface area (Å²) in [5, 5.41) is 9.17. The van der Waals surface area contributed by atoms with Gasteiger partial charge in [-0.3, -0.25) is 0 Å². The third kappa shape index (κ3) is 2.90. The van der Waals surface area contributed by atoms with Gasteiger partial charge in [-0.15, -0.1) is 0 Å². The number of nitrogens with two attached hydrogens (primary N) is 1. The van der Waals surface area contributed by atoms with E-state index in [1.807, 2.05) is 0 Å². The summed E-state index contributed by atoms with van der Waals surface area (Å²) in [5.41, 5.74) is 4.64. The molecule has 0 radical (unpaired) electrons. The van der Waals surface area contributed by atoms with Crippen molar-refractivity contribution in [3.8, 4) is 0 Å². The Morgan fingerprint density at radius 2 is 1.93 bits per heavy atom. The second-order valence-electron chi connectivity index (χ2n) is 4.49. The standard InChI is InChI=1S/C9H20N2O3S/c1-8(7-10)15(13,14)11-5-3-9(2,12)4-6-11/h8,12H,3-7,10H2,1-2H3. The third-order valence-corrected chi connectivity index (χ3v) is 5.29. The molecule has 0 aromatic carbocycles. The Kier molecular flexibility index (Phi) is 3.76. The van der Waals surface area contributed by atoms with E-state index in [4.69, 9.17) is 5.73 Å². The molecule has 1 atom stereocenters. The molecule has 0 aliphatic carbocycles. The average Bonchev–Trinajstić information content (AvgIpc) is 2.15. The molecule has 1 fully saturated rings. The van der Waals surface area contributed by atoms with Gasteiger partial charge in [0.05, 0.1) is 10.9 Å². The van der Waals surface area contributed by atoms with Gasteiger partial charge in [-0.2, -0.15) is 0 Å². The summed E-state index contributed by atoms with van der Waals surface area (Å²) in [4.78, 5) is 0. The molecule has 3 N–H and O–H groups in total. The molecular formula is C9H20N2O3S. The Balaban J connectivity index is 2.68. The minimum absolute atomic E-state index is 0.134. The van der Waals surface area contributed by atoms with Gasteiger partial charge in [-0.1, -0.05) is 0 Å². The first-order valence-corrected chi connectivity index (χ1v) is 6.71. The van der Waals surface area contributed by atoms with Crippen LogP contribution in [0.1, 0.15) is 26.7 Å². The summed E-state index contributed by atoms with van der Waals surface area (Å²) < 4.78 is 25.2. The Morgan fingerprint density at radius 1 is 1.47 bits per heavy atom. The van der Waals surface area contributed by atoms with Crippen LogP contribution in [0.2, 0.25) is 0 Å². The van der Waals surface area contributed by atoms with Crippen LogP contribution in [0.5, 0.6) is 0 Å². The summed E-state index contributed by atoms with van der Waals surface area (Å²) in [6.45, 7) is 4.26. The van der Waals surface area contributed by atoms with Gasteiger partial charge in [0.15, 0.2) is 0 Å². The molecule has 1 rings (SSSR count). The molecule has 1 aliphatic rings. The first-order valence-electron chi connectivity index (χ1n) is 5.21. The fourth-order valence-electron chi connectivity index (χ4n) is 1.60. The Labute approximate surface area is 91.3 Å². The molecule has 0 aromatic heterocycles. The second-order valence-corrected chi connectivity index (χ2v) is 6.84. The zero-order valence-electron chi connectivity index (χ0n) is 9.31. The van der Waals surface area contributed by atoms with Crippen molar-refractivity contribution in [1.29, 1.82) is 0 Å². The molecule has 1 saturated heterocycles.